The molecule has 0 bridgehead atoms. The van der Waals surface area contributed by atoms with E-state index in [-0.39, 0.29) is 11.5 Å². The molecule has 0 atom stereocenters. The third-order valence-electron chi connectivity index (χ3n) is 2.74. The molecule has 1 aromatic carbocycles. The summed E-state index contributed by atoms with van der Waals surface area (Å²) in [6.45, 7) is -2.09. The molecule has 112 valence electrons. The normalized spacial score (nSPS) is 10.7. The number of hydrogen-bond donors (Lipinski definition) is 1. The van der Waals surface area contributed by atoms with Gasteiger partial charge in [0, 0.05) is 24.8 Å². The zero-order valence-corrected chi connectivity index (χ0v) is 11.4. The first-order valence-electron chi connectivity index (χ1n) is 6.28. The molecular formula is C14H15F2N3O2. The van der Waals surface area contributed by atoms with Crippen LogP contribution in [-0.4, -0.2) is 23.9 Å². The summed E-state index contributed by atoms with van der Waals surface area (Å²) in [7, 11) is 1.41. The molecular weight excluding hydrogens is 280 g/mol. The summed E-state index contributed by atoms with van der Waals surface area (Å²) in [4.78, 5) is 0. The van der Waals surface area contributed by atoms with Gasteiger partial charge in [0.05, 0.1) is 12.8 Å². The maximum atomic E-state index is 12.5. The van der Waals surface area contributed by atoms with Crippen molar-refractivity contribution in [1.29, 1.82) is 0 Å². The molecule has 0 aliphatic heterocycles. The van der Waals surface area contributed by atoms with E-state index in [0.717, 1.165) is 5.69 Å². The zero-order chi connectivity index (χ0) is 15.1. The largest absolute Gasteiger partial charge is 0.493 e. The average Bonchev–Trinajstić information content (AvgIpc) is 2.49. The van der Waals surface area contributed by atoms with Gasteiger partial charge in [-0.15, -0.1) is 0 Å². The Bertz CT molecular complexity index is 567. The van der Waals surface area contributed by atoms with Crippen LogP contribution in [-0.2, 0) is 13.1 Å². The smallest absolute Gasteiger partial charge is 0.387 e. The quantitative estimate of drug-likeness (QED) is 0.850. The second kappa shape index (κ2) is 7.49. The monoisotopic (exact) mass is 295 g/mol. The molecule has 5 nitrogen and oxygen atoms in total. The van der Waals surface area contributed by atoms with Gasteiger partial charge in [0.2, 0.25) is 0 Å². The fourth-order valence-electron chi connectivity index (χ4n) is 1.84. The lowest BCUT2D eigenvalue weighted by Crippen LogP contribution is -2.16. The van der Waals surface area contributed by atoms with E-state index < -0.39 is 6.61 Å². The number of nitrogens with zero attached hydrogens (tertiary/aromatic N) is 2. The molecule has 0 saturated carbocycles. The van der Waals surface area contributed by atoms with Crippen LogP contribution in [0.1, 0.15) is 11.3 Å². The third-order valence-corrected chi connectivity index (χ3v) is 2.74. The summed E-state index contributed by atoms with van der Waals surface area (Å²) in [6.07, 6.45) is 1.58. The Kier molecular flexibility index (Phi) is 5.39. The fourth-order valence-corrected chi connectivity index (χ4v) is 1.84. The lowest BCUT2D eigenvalue weighted by molar-refractivity contribution is -0.0518. The van der Waals surface area contributed by atoms with E-state index in [1.54, 1.807) is 30.5 Å². The van der Waals surface area contributed by atoms with Crippen molar-refractivity contribution < 1.29 is 18.3 Å². The van der Waals surface area contributed by atoms with Crippen LogP contribution in [0.4, 0.5) is 8.78 Å². The Balaban J connectivity index is 2.05. The first-order valence-corrected chi connectivity index (χ1v) is 6.28. The van der Waals surface area contributed by atoms with Gasteiger partial charge in [-0.1, -0.05) is 12.1 Å². The number of hydrogen-bond acceptors (Lipinski definition) is 5. The van der Waals surface area contributed by atoms with Gasteiger partial charge < -0.3 is 14.8 Å². The first-order chi connectivity index (χ1) is 10.2. The van der Waals surface area contributed by atoms with Gasteiger partial charge in [0.25, 0.3) is 0 Å². The molecule has 0 saturated heterocycles. The highest BCUT2D eigenvalue weighted by molar-refractivity contribution is 5.46. The maximum Gasteiger partial charge on any atom is 0.387 e. The van der Waals surface area contributed by atoms with Crippen molar-refractivity contribution in [3.8, 4) is 11.5 Å². The number of para-hydroxylation sites is 1. The minimum absolute atomic E-state index is 0.0432. The second-order valence-corrected chi connectivity index (χ2v) is 4.15. The number of ether oxygens (including phenoxy) is 2. The van der Waals surface area contributed by atoms with E-state index in [9.17, 15) is 8.78 Å². The van der Waals surface area contributed by atoms with Crippen LogP contribution < -0.4 is 14.8 Å². The highest BCUT2D eigenvalue weighted by Crippen LogP contribution is 2.32. The SMILES string of the molecule is COc1cccc(CNCc2cccnn2)c1OC(F)F. The van der Waals surface area contributed by atoms with Gasteiger partial charge in [0.1, 0.15) is 0 Å². The highest BCUT2D eigenvalue weighted by atomic mass is 19.3. The molecule has 0 fully saturated rings. The molecule has 21 heavy (non-hydrogen) atoms. The van der Waals surface area contributed by atoms with E-state index in [4.69, 9.17) is 4.74 Å². The molecule has 1 N–H and O–H groups in total. The number of nitrogens with one attached hydrogen (secondary N) is 1. The summed E-state index contributed by atoms with van der Waals surface area (Å²) < 4.78 is 34.6. The molecule has 0 aliphatic rings. The Morgan fingerprint density at radius 2 is 2.05 bits per heavy atom. The molecule has 0 unspecified atom stereocenters. The van der Waals surface area contributed by atoms with Crippen molar-refractivity contribution in [3.05, 3.63) is 47.8 Å². The van der Waals surface area contributed by atoms with Crippen molar-refractivity contribution in [1.82, 2.24) is 15.5 Å². The van der Waals surface area contributed by atoms with Gasteiger partial charge >= 0.3 is 6.61 Å². The molecule has 0 amide bonds. The molecule has 2 rings (SSSR count). The van der Waals surface area contributed by atoms with Gasteiger partial charge in [0.15, 0.2) is 11.5 Å². The van der Waals surface area contributed by atoms with Crippen molar-refractivity contribution in [2.75, 3.05) is 7.11 Å². The van der Waals surface area contributed by atoms with Crippen molar-refractivity contribution >= 4 is 0 Å². The molecule has 0 spiro atoms. The lowest BCUT2D eigenvalue weighted by Gasteiger charge is -2.14. The molecule has 1 heterocycles. The fraction of sp³-hybridized carbons (Fsp3) is 0.286. The minimum Gasteiger partial charge on any atom is -0.493 e. The average molecular weight is 295 g/mol. The van der Waals surface area contributed by atoms with Crippen molar-refractivity contribution in [2.24, 2.45) is 0 Å². The first kappa shape index (κ1) is 15.1. The van der Waals surface area contributed by atoms with Crippen LogP contribution in [0.25, 0.3) is 0 Å². The zero-order valence-electron chi connectivity index (χ0n) is 11.4. The molecule has 1 aromatic heterocycles. The molecule has 7 heteroatoms. The minimum atomic E-state index is -2.90. The second-order valence-electron chi connectivity index (χ2n) is 4.15. The van der Waals surface area contributed by atoms with Gasteiger partial charge in [-0.25, -0.2) is 0 Å². The summed E-state index contributed by atoms with van der Waals surface area (Å²) >= 11 is 0. The van der Waals surface area contributed by atoms with E-state index in [1.165, 1.54) is 7.11 Å². The van der Waals surface area contributed by atoms with Gasteiger partial charge in [-0.3, -0.25) is 0 Å². The summed E-state index contributed by atoms with van der Waals surface area (Å²) in [5.74, 6) is 0.316. The van der Waals surface area contributed by atoms with E-state index >= 15 is 0 Å². The van der Waals surface area contributed by atoms with Crippen LogP contribution in [0.2, 0.25) is 0 Å². The van der Waals surface area contributed by atoms with Crippen molar-refractivity contribution in [2.45, 2.75) is 19.7 Å². The standard InChI is InChI=1S/C14H15F2N3O2/c1-20-12-6-2-4-10(13(12)21-14(15)16)8-17-9-11-5-3-7-18-19-11/h2-7,14,17H,8-9H2,1H3. The Labute approximate surface area is 120 Å². The number of rotatable bonds is 7. The van der Waals surface area contributed by atoms with Crippen LogP contribution in [0, 0.1) is 0 Å². The Morgan fingerprint density at radius 3 is 2.71 bits per heavy atom. The van der Waals surface area contributed by atoms with E-state index in [0.29, 0.717) is 18.7 Å². The number of benzene rings is 1. The van der Waals surface area contributed by atoms with Crippen LogP contribution in [0.5, 0.6) is 11.5 Å². The molecule has 0 radical (unpaired) electrons. The predicted octanol–water partition coefficient (Wildman–Crippen LogP) is 2.38. The van der Waals surface area contributed by atoms with Gasteiger partial charge in [-0.05, 0) is 18.2 Å². The molecule has 0 aliphatic carbocycles. The number of halogens is 2. The Morgan fingerprint density at radius 1 is 1.19 bits per heavy atom. The van der Waals surface area contributed by atoms with Crippen molar-refractivity contribution in [3.63, 3.8) is 0 Å². The maximum absolute atomic E-state index is 12.5. The Hall–Kier alpha value is -2.28. The lowest BCUT2D eigenvalue weighted by atomic mass is 10.2. The van der Waals surface area contributed by atoms with E-state index in [2.05, 4.69) is 20.3 Å². The third kappa shape index (κ3) is 4.35. The molecule has 2 aromatic rings. The van der Waals surface area contributed by atoms with Crippen LogP contribution in [0.15, 0.2) is 36.5 Å². The topological polar surface area (TPSA) is 56.3 Å². The number of methoxy groups -OCH3 is 1. The summed E-state index contributed by atoms with van der Waals surface area (Å²) in [6, 6.07) is 8.59. The number of alkyl halides is 2. The number of aromatic nitrogens is 2. The predicted molar refractivity (Wildman–Crippen MR) is 72.2 cm³/mol. The van der Waals surface area contributed by atoms with Gasteiger partial charge in [-0.2, -0.15) is 19.0 Å². The van der Waals surface area contributed by atoms with Crippen LogP contribution in [0.3, 0.4) is 0 Å². The summed E-state index contributed by atoms with van der Waals surface area (Å²) in [5, 5.41) is 10.8. The summed E-state index contributed by atoms with van der Waals surface area (Å²) in [5.41, 5.74) is 1.34. The highest BCUT2D eigenvalue weighted by Gasteiger charge is 2.14. The van der Waals surface area contributed by atoms with Crippen LogP contribution >= 0.6 is 0 Å². The van der Waals surface area contributed by atoms with E-state index in [1.807, 2.05) is 6.07 Å².